The van der Waals surface area contributed by atoms with Crippen LogP contribution in [-0.2, 0) is 4.79 Å². The number of carboxylic acid groups (broad SMARTS) is 1. The van der Waals surface area contributed by atoms with E-state index in [1.165, 1.54) is 11.6 Å². The Hall–Kier alpha value is -4.67. The summed E-state index contributed by atoms with van der Waals surface area (Å²) in [6.45, 7) is 10.8. The standard InChI is InChI=1S/C29H22N2O2/c1-20-4-6-23(7-5-20)17-27(25-12-8-22(9-13-25)16-21(2)19-30)26-14-10-24(11-15-26)18-28(31-3)29(32)33/h4-18H,1-2H3,(H,32,33)/b21-16-,27-17-,28-18-. The van der Waals surface area contributed by atoms with Gasteiger partial charge in [-0.2, -0.15) is 5.26 Å². The van der Waals surface area contributed by atoms with Crippen molar-refractivity contribution in [3.05, 3.63) is 129 Å². The van der Waals surface area contributed by atoms with E-state index < -0.39 is 5.97 Å². The number of carbonyl (C=O) groups is 1. The molecule has 0 fully saturated rings. The average molecular weight is 431 g/mol. The molecule has 0 aromatic heterocycles. The summed E-state index contributed by atoms with van der Waals surface area (Å²) in [5, 5.41) is 18.1. The molecule has 3 aromatic rings. The average Bonchev–Trinajstić information content (AvgIpc) is 2.83. The third kappa shape index (κ3) is 6.17. The maximum absolute atomic E-state index is 11.1. The fourth-order valence-electron chi connectivity index (χ4n) is 3.26. The molecule has 0 atom stereocenters. The molecule has 3 aromatic carbocycles. The zero-order valence-electron chi connectivity index (χ0n) is 18.4. The summed E-state index contributed by atoms with van der Waals surface area (Å²) in [5.41, 5.74) is 7.14. The number of nitrogens with zero attached hydrogens (tertiary/aromatic N) is 2. The van der Waals surface area contributed by atoms with E-state index in [0.29, 0.717) is 11.1 Å². The van der Waals surface area contributed by atoms with Crippen LogP contribution in [0.3, 0.4) is 0 Å². The van der Waals surface area contributed by atoms with Crippen molar-refractivity contribution in [2.75, 3.05) is 0 Å². The van der Waals surface area contributed by atoms with Gasteiger partial charge in [0.25, 0.3) is 5.70 Å². The summed E-state index contributed by atoms with van der Waals surface area (Å²) in [4.78, 5) is 14.2. The lowest BCUT2D eigenvalue weighted by Crippen LogP contribution is -1.95. The normalized spacial score (nSPS) is 12.1. The molecule has 0 aliphatic carbocycles. The Bertz CT molecular complexity index is 1330. The summed E-state index contributed by atoms with van der Waals surface area (Å²) in [6, 6.07) is 25.8. The molecule has 0 saturated carbocycles. The second-order valence-corrected chi connectivity index (χ2v) is 7.60. The molecule has 0 unspecified atom stereocenters. The molecule has 0 aliphatic rings. The van der Waals surface area contributed by atoms with Gasteiger partial charge in [-0.25, -0.2) is 4.85 Å². The lowest BCUT2D eigenvalue weighted by molar-refractivity contribution is -0.132. The SMILES string of the molecule is [C-]#[N+]/C(=C\c1ccc(/C(=C\c2ccc(C)cc2)c2ccc(/C=C(/C)C#N)cc2)cc1)C(=O)O. The highest BCUT2D eigenvalue weighted by molar-refractivity contribution is 5.95. The molecule has 33 heavy (non-hydrogen) atoms. The van der Waals surface area contributed by atoms with Gasteiger partial charge in [0.1, 0.15) is 0 Å². The maximum Gasteiger partial charge on any atom is 0.333 e. The highest BCUT2D eigenvalue weighted by atomic mass is 16.4. The predicted molar refractivity (Wildman–Crippen MR) is 133 cm³/mol. The van der Waals surface area contributed by atoms with Crippen molar-refractivity contribution in [2.45, 2.75) is 13.8 Å². The maximum atomic E-state index is 11.1. The first kappa shape index (κ1) is 23.0. The fraction of sp³-hybridized carbons (Fsp3) is 0.0690. The van der Waals surface area contributed by atoms with Crippen molar-refractivity contribution < 1.29 is 9.90 Å². The molecule has 0 aliphatic heterocycles. The van der Waals surface area contributed by atoms with Gasteiger partial charge < -0.3 is 5.11 Å². The van der Waals surface area contributed by atoms with Crippen LogP contribution in [0.1, 0.15) is 40.3 Å². The monoisotopic (exact) mass is 430 g/mol. The molecule has 0 radical (unpaired) electrons. The van der Waals surface area contributed by atoms with E-state index in [9.17, 15) is 4.79 Å². The van der Waals surface area contributed by atoms with Crippen molar-refractivity contribution in [1.29, 1.82) is 5.26 Å². The Morgan fingerprint density at radius 3 is 1.76 bits per heavy atom. The largest absolute Gasteiger partial charge is 0.486 e. The molecular weight excluding hydrogens is 408 g/mol. The molecule has 0 bridgehead atoms. The Morgan fingerprint density at radius 2 is 1.30 bits per heavy atom. The van der Waals surface area contributed by atoms with Crippen molar-refractivity contribution in [3.8, 4) is 6.07 Å². The molecular formula is C29H22N2O2. The minimum atomic E-state index is -1.24. The van der Waals surface area contributed by atoms with Gasteiger partial charge in [0, 0.05) is 5.57 Å². The summed E-state index contributed by atoms with van der Waals surface area (Å²) in [5.74, 6) is -1.24. The van der Waals surface area contributed by atoms with E-state index in [1.807, 2.05) is 49.4 Å². The predicted octanol–water partition coefficient (Wildman–Crippen LogP) is 6.86. The molecule has 0 saturated heterocycles. The van der Waals surface area contributed by atoms with Crippen molar-refractivity contribution in [1.82, 2.24) is 0 Å². The molecule has 4 nitrogen and oxygen atoms in total. The highest BCUT2D eigenvalue weighted by Gasteiger charge is 2.09. The van der Waals surface area contributed by atoms with Gasteiger partial charge in [-0.15, -0.1) is 0 Å². The molecule has 4 heteroatoms. The Labute approximate surface area is 193 Å². The van der Waals surface area contributed by atoms with Crippen LogP contribution < -0.4 is 0 Å². The van der Waals surface area contributed by atoms with Crippen LogP contribution in [-0.4, -0.2) is 11.1 Å². The number of rotatable bonds is 6. The third-order valence-corrected chi connectivity index (χ3v) is 5.03. The van der Waals surface area contributed by atoms with Gasteiger partial charge in [-0.1, -0.05) is 78.4 Å². The quantitative estimate of drug-likeness (QED) is 0.201. The summed E-state index contributed by atoms with van der Waals surface area (Å²) < 4.78 is 0. The topological polar surface area (TPSA) is 65.5 Å². The lowest BCUT2D eigenvalue weighted by Gasteiger charge is -2.11. The third-order valence-electron chi connectivity index (χ3n) is 5.03. The first-order valence-electron chi connectivity index (χ1n) is 10.3. The van der Waals surface area contributed by atoms with E-state index in [-0.39, 0.29) is 5.70 Å². The molecule has 160 valence electrons. The van der Waals surface area contributed by atoms with Crippen LogP contribution in [0.2, 0.25) is 0 Å². The Kier molecular flexibility index (Phi) is 7.37. The van der Waals surface area contributed by atoms with Crippen LogP contribution in [0.4, 0.5) is 0 Å². The minimum absolute atomic E-state index is 0.325. The van der Waals surface area contributed by atoms with Crippen molar-refractivity contribution in [3.63, 3.8) is 0 Å². The number of benzene rings is 3. The van der Waals surface area contributed by atoms with Crippen molar-refractivity contribution >= 4 is 29.8 Å². The molecule has 1 N–H and O–H groups in total. The number of nitriles is 1. The number of aryl methyl sites for hydroxylation is 1. The van der Waals surface area contributed by atoms with Crippen LogP contribution in [0.5, 0.6) is 0 Å². The fourth-order valence-corrected chi connectivity index (χ4v) is 3.26. The summed E-state index contributed by atoms with van der Waals surface area (Å²) >= 11 is 0. The number of aliphatic carboxylic acids is 1. The van der Waals surface area contributed by atoms with Crippen LogP contribution in [0.25, 0.3) is 28.6 Å². The van der Waals surface area contributed by atoms with Gasteiger partial charge in [-0.3, -0.25) is 4.79 Å². The molecule has 0 amide bonds. The van der Waals surface area contributed by atoms with Gasteiger partial charge in [0.15, 0.2) is 0 Å². The Morgan fingerprint density at radius 1 is 0.848 bits per heavy atom. The second kappa shape index (κ2) is 10.6. The Balaban J connectivity index is 2.05. The van der Waals surface area contributed by atoms with Gasteiger partial charge in [-0.05, 0) is 65.5 Å². The van der Waals surface area contributed by atoms with E-state index in [4.69, 9.17) is 16.9 Å². The molecule has 3 rings (SSSR count). The van der Waals surface area contributed by atoms with E-state index in [0.717, 1.165) is 27.8 Å². The van der Waals surface area contributed by atoms with Gasteiger partial charge >= 0.3 is 5.97 Å². The summed E-state index contributed by atoms with van der Waals surface area (Å²) in [7, 11) is 0. The first-order valence-corrected chi connectivity index (χ1v) is 10.3. The van der Waals surface area contributed by atoms with E-state index in [1.54, 1.807) is 19.1 Å². The van der Waals surface area contributed by atoms with Crippen LogP contribution in [0.15, 0.2) is 84.1 Å². The second-order valence-electron chi connectivity index (χ2n) is 7.60. The zero-order chi connectivity index (χ0) is 23.8. The first-order chi connectivity index (χ1) is 15.9. The lowest BCUT2D eigenvalue weighted by atomic mass is 9.94. The smallest absolute Gasteiger partial charge is 0.333 e. The molecule has 0 spiro atoms. The highest BCUT2D eigenvalue weighted by Crippen LogP contribution is 2.28. The number of carboxylic acids is 1. The van der Waals surface area contributed by atoms with Gasteiger partial charge in [0.05, 0.1) is 12.6 Å². The van der Waals surface area contributed by atoms with E-state index in [2.05, 4.69) is 41.3 Å². The van der Waals surface area contributed by atoms with Crippen LogP contribution >= 0.6 is 0 Å². The number of hydrogen-bond acceptors (Lipinski definition) is 2. The van der Waals surface area contributed by atoms with E-state index >= 15 is 0 Å². The zero-order valence-corrected chi connectivity index (χ0v) is 18.4. The molecule has 0 heterocycles. The van der Waals surface area contributed by atoms with Crippen LogP contribution in [0, 0.1) is 24.8 Å². The van der Waals surface area contributed by atoms with Gasteiger partial charge in [0.2, 0.25) is 0 Å². The summed E-state index contributed by atoms with van der Waals surface area (Å²) in [6.07, 6.45) is 5.31. The minimum Gasteiger partial charge on any atom is -0.486 e. The number of allylic oxidation sites excluding steroid dienone is 1. The number of hydrogen-bond donors (Lipinski definition) is 1. The van der Waals surface area contributed by atoms with Crippen molar-refractivity contribution in [2.24, 2.45) is 0 Å².